The Labute approximate surface area is 126 Å². The number of carbonyl (C=O) groups is 1. The Morgan fingerprint density at radius 3 is 3.15 bits per heavy atom. The molecule has 0 aliphatic carbocycles. The Morgan fingerprint density at radius 1 is 1.60 bits per heavy atom. The molecule has 0 saturated carbocycles. The third-order valence-electron chi connectivity index (χ3n) is 3.36. The van der Waals surface area contributed by atoms with Crippen LogP contribution in [0.4, 0.5) is 4.39 Å². The Morgan fingerprint density at radius 2 is 2.40 bits per heavy atom. The van der Waals surface area contributed by atoms with Crippen LogP contribution in [0.3, 0.4) is 0 Å². The number of benzene rings is 1. The maximum Gasteiger partial charge on any atom is 0.252 e. The molecule has 4 nitrogen and oxygen atoms in total. The lowest BCUT2D eigenvalue weighted by Crippen LogP contribution is -2.47. The van der Waals surface area contributed by atoms with Gasteiger partial charge in [-0.1, -0.05) is 13.0 Å². The lowest BCUT2D eigenvalue weighted by molar-refractivity contribution is -0.0246. The molecular weight excluding hydrogens is 327 g/mol. The molecule has 6 heteroatoms. The molecule has 1 unspecified atom stereocenters. The summed E-state index contributed by atoms with van der Waals surface area (Å²) < 4.78 is 19.2. The summed E-state index contributed by atoms with van der Waals surface area (Å²) in [6.07, 6.45) is -0.0139. The van der Waals surface area contributed by atoms with E-state index in [9.17, 15) is 9.18 Å². The first-order chi connectivity index (χ1) is 9.61. The second-order valence-corrected chi connectivity index (χ2v) is 5.49. The van der Waals surface area contributed by atoms with Crippen molar-refractivity contribution in [2.45, 2.75) is 13.0 Å². The van der Waals surface area contributed by atoms with E-state index in [4.69, 9.17) is 4.74 Å². The lowest BCUT2D eigenvalue weighted by Gasteiger charge is -2.32. The normalized spacial score (nSPS) is 19.9. The first-order valence-electron chi connectivity index (χ1n) is 6.68. The van der Waals surface area contributed by atoms with Gasteiger partial charge in [0.15, 0.2) is 0 Å². The molecule has 0 bridgehead atoms. The molecule has 1 heterocycles. The number of hydrogen-bond acceptors (Lipinski definition) is 3. The number of amides is 1. The molecule has 1 amide bonds. The number of morpholine rings is 1. The van der Waals surface area contributed by atoms with Gasteiger partial charge in [-0.25, -0.2) is 4.39 Å². The summed E-state index contributed by atoms with van der Waals surface area (Å²) in [4.78, 5) is 14.3. The number of rotatable bonds is 4. The third kappa shape index (κ3) is 3.77. The van der Waals surface area contributed by atoms with E-state index in [1.165, 1.54) is 12.1 Å². The van der Waals surface area contributed by atoms with Crippen LogP contribution in [0.15, 0.2) is 22.7 Å². The van der Waals surface area contributed by atoms with Crippen LogP contribution >= 0.6 is 15.9 Å². The van der Waals surface area contributed by atoms with Crippen molar-refractivity contribution >= 4 is 21.8 Å². The molecule has 1 aromatic rings. The van der Waals surface area contributed by atoms with Crippen molar-refractivity contribution in [1.29, 1.82) is 0 Å². The quantitative estimate of drug-likeness (QED) is 0.908. The maximum atomic E-state index is 13.4. The van der Waals surface area contributed by atoms with E-state index in [0.29, 0.717) is 18.7 Å². The van der Waals surface area contributed by atoms with Gasteiger partial charge in [0, 0.05) is 19.6 Å². The Hall–Kier alpha value is -0.980. The highest BCUT2D eigenvalue weighted by molar-refractivity contribution is 9.10. The van der Waals surface area contributed by atoms with Gasteiger partial charge in [-0.3, -0.25) is 9.69 Å². The second kappa shape index (κ2) is 7.15. The van der Waals surface area contributed by atoms with Gasteiger partial charge in [0.2, 0.25) is 0 Å². The van der Waals surface area contributed by atoms with Gasteiger partial charge >= 0.3 is 0 Å². The fraction of sp³-hybridized carbons (Fsp3) is 0.500. The molecule has 0 aromatic heterocycles. The molecule has 1 aromatic carbocycles. The SMILES string of the molecule is CCN1CCOC(CNC(=O)c2cccc(F)c2Br)C1. The lowest BCUT2D eigenvalue weighted by atomic mass is 10.2. The number of halogens is 2. The molecule has 1 fully saturated rings. The zero-order valence-electron chi connectivity index (χ0n) is 11.4. The highest BCUT2D eigenvalue weighted by Gasteiger charge is 2.20. The number of carbonyl (C=O) groups excluding carboxylic acids is 1. The molecule has 20 heavy (non-hydrogen) atoms. The molecule has 1 aliphatic heterocycles. The smallest absolute Gasteiger partial charge is 0.252 e. The number of nitrogens with zero attached hydrogens (tertiary/aromatic N) is 1. The summed E-state index contributed by atoms with van der Waals surface area (Å²) >= 11 is 3.09. The summed E-state index contributed by atoms with van der Waals surface area (Å²) in [6, 6.07) is 4.41. The van der Waals surface area contributed by atoms with Gasteiger partial charge in [0.1, 0.15) is 5.82 Å². The van der Waals surface area contributed by atoms with Crippen LogP contribution in [0, 0.1) is 5.82 Å². The average molecular weight is 345 g/mol. The van der Waals surface area contributed by atoms with Gasteiger partial charge in [-0.2, -0.15) is 0 Å². The summed E-state index contributed by atoms with van der Waals surface area (Å²) in [7, 11) is 0. The minimum atomic E-state index is -0.441. The third-order valence-corrected chi connectivity index (χ3v) is 4.16. The van der Waals surface area contributed by atoms with E-state index in [0.717, 1.165) is 19.6 Å². The predicted octanol–water partition coefficient (Wildman–Crippen LogP) is 2.04. The molecule has 1 aliphatic rings. The fourth-order valence-corrected chi connectivity index (χ4v) is 2.62. The van der Waals surface area contributed by atoms with Crippen molar-refractivity contribution in [3.63, 3.8) is 0 Å². The van der Waals surface area contributed by atoms with Crippen molar-refractivity contribution < 1.29 is 13.9 Å². The molecular formula is C14H18BrFN2O2. The average Bonchev–Trinajstić information content (AvgIpc) is 2.48. The molecule has 1 N–H and O–H groups in total. The van der Waals surface area contributed by atoms with E-state index in [2.05, 4.69) is 33.1 Å². The number of likely N-dealkylation sites (N-methyl/N-ethyl adjacent to an activating group) is 1. The van der Waals surface area contributed by atoms with E-state index in [-0.39, 0.29) is 16.5 Å². The first-order valence-corrected chi connectivity index (χ1v) is 7.47. The number of ether oxygens (including phenoxy) is 1. The summed E-state index contributed by atoms with van der Waals surface area (Å²) in [5.41, 5.74) is 0.299. The van der Waals surface area contributed by atoms with Gasteiger partial charge in [0.05, 0.1) is 22.7 Å². The van der Waals surface area contributed by atoms with Crippen LogP contribution in [0.1, 0.15) is 17.3 Å². The zero-order valence-corrected chi connectivity index (χ0v) is 13.0. The molecule has 1 atom stereocenters. The molecule has 1 saturated heterocycles. The van der Waals surface area contributed by atoms with Crippen LogP contribution < -0.4 is 5.32 Å². The topological polar surface area (TPSA) is 41.6 Å². The van der Waals surface area contributed by atoms with Crippen LogP contribution in [-0.4, -0.2) is 49.7 Å². The van der Waals surface area contributed by atoms with Gasteiger partial charge in [0.25, 0.3) is 5.91 Å². The molecule has 110 valence electrons. The highest BCUT2D eigenvalue weighted by atomic mass is 79.9. The minimum Gasteiger partial charge on any atom is -0.374 e. The summed E-state index contributed by atoms with van der Waals surface area (Å²) in [6.45, 7) is 5.92. The molecule has 2 rings (SSSR count). The summed E-state index contributed by atoms with van der Waals surface area (Å²) in [5, 5.41) is 2.79. The van der Waals surface area contributed by atoms with E-state index < -0.39 is 5.82 Å². The van der Waals surface area contributed by atoms with Crippen molar-refractivity contribution in [3.05, 3.63) is 34.1 Å². The van der Waals surface area contributed by atoms with Crippen LogP contribution in [0.2, 0.25) is 0 Å². The minimum absolute atomic E-state index is 0.0139. The first kappa shape index (κ1) is 15.4. The van der Waals surface area contributed by atoms with Crippen LogP contribution in [0.25, 0.3) is 0 Å². The van der Waals surface area contributed by atoms with Crippen LogP contribution in [-0.2, 0) is 4.74 Å². The highest BCUT2D eigenvalue weighted by Crippen LogP contribution is 2.20. The van der Waals surface area contributed by atoms with Crippen molar-refractivity contribution in [3.8, 4) is 0 Å². The van der Waals surface area contributed by atoms with Crippen LogP contribution in [0.5, 0.6) is 0 Å². The van der Waals surface area contributed by atoms with Crippen molar-refractivity contribution in [2.24, 2.45) is 0 Å². The van der Waals surface area contributed by atoms with Crippen molar-refractivity contribution in [2.75, 3.05) is 32.8 Å². The monoisotopic (exact) mass is 344 g/mol. The van der Waals surface area contributed by atoms with E-state index in [1.807, 2.05) is 0 Å². The van der Waals surface area contributed by atoms with E-state index in [1.54, 1.807) is 6.07 Å². The molecule has 0 spiro atoms. The summed E-state index contributed by atoms with van der Waals surface area (Å²) in [5.74, 6) is -0.739. The second-order valence-electron chi connectivity index (χ2n) is 4.70. The van der Waals surface area contributed by atoms with Gasteiger partial charge in [-0.05, 0) is 34.6 Å². The Bertz CT molecular complexity index is 484. The Kier molecular flexibility index (Phi) is 5.51. The zero-order chi connectivity index (χ0) is 14.5. The molecule has 0 radical (unpaired) electrons. The van der Waals surface area contributed by atoms with Gasteiger partial charge in [-0.15, -0.1) is 0 Å². The van der Waals surface area contributed by atoms with Crippen molar-refractivity contribution in [1.82, 2.24) is 10.2 Å². The number of nitrogens with one attached hydrogen (secondary N) is 1. The maximum absolute atomic E-state index is 13.4. The predicted molar refractivity (Wildman–Crippen MR) is 78.3 cm³/mol. The largest absolute Gasteiger partial charge is 0.374 e. The number of hydrogen-bond donors (Lipinski definition) is 1. The Balaban J connectivity index is 1.90. The van der Waals surface area contributed by atoms with Gasteiger partial charge < -0.3 is 10.1 Å². The fourth-order valence-electron chi connectivity index (χ4n) is 2.17. The standard InChI is InChI=1S/C14H18BrFN2O2/c1-2-18-6-7-20-10(9-18)8-17-14(19)11-4-3-5-12(16)13(11)15/h3-5,10H,2,6-9H2,1H3,(H,17,19). The van der Waals surface area contributed by atoms with E-state index >= 15 is 0 Å².